The summed E-state index contributed by atoms with van der Waals surface area (Å²) in [5, 5.41) is 7.68. The van der Waals surface area contributed by atoms with Crippen LogP contribution in [0, 0.1) is 0 Å². The Morgan fingerprint density at radius 3 is 2.56 bits per heavy atom. The van der Waals surface area contributed by atoms with E-state index >= 15 is 0 Å². The predicted molar refractivity (Wildman–Crippen MR) is 74.8 cm³/mol. The van der Waals surface area contributed by atoms with Crippen LogP contribution >= 0.6 is 0 Å². The molecule has 0 aliphatic heterocycles. The van der Waals surface area contributed by atoms with Crippen molar-refractivity contribution in [3.05, 3.63) is 27.7 Å². The lowest BCUT2D eigenvalue weighted by atomic mass is 9.91. The smallest absolute Gasteiger partial charge is 0.270 e. The summed E-state index contributed by atoms with van der Waals surface area (Å²) in [4.78, 5) is 12.0. The quantitative estimate of drug-likeness (QED) is 0.890. The molecule has 0 saturated carbocycles. The first-order valence-electron chi connectivity index (χ1n) is 6.56. The van der Waals surface area contributed by atoms with Gasteiger partial charge < -0.3 is 5.32 Å². The van der Waals surface area contributed by atoms with Gasteiger partial charge in [-0.05, 0) is 19.4 Å². The molecule has 1 rings (SSSR count). The zero-order valence-corrected chi connectivity index (χ0v) is 12.4. The second-order valence-corrected chi connectivity index (χ2v) is 5.92. The Hall–Kier alpha value is -1.16. The number of aromatic nitrogens is 2. The molecule has 0 aromatic carbocycles. The van der Waals surface area contributed by atoms with Gasteiger partial charge in [0.05, 0.1) is 5.69 Å². The van der Waals surface area contributed by atoms with Crippen LogP contribution in [0.4, 0.5) is 0 Å². The summed E-state index contributed by atoms with van der Waals surface area (Å²) in [7, 11) is 1.71. The zero-order chi connectivity index (χ0) is 13.9. The Morgan fingerprint density at radius 2 is 2.06 bits per heavy atom. The van der Waals surface area contributed by atoms with E-state index in [1.165, 1.54) is 4.68 Å². The van der Waals surface area contributed by atoms with Crippen LogP contribution in [0.1, 0.15) is 52.3 Å². The van der Waals surface area contributed by atoms with Crippen LogP contribution in [-0.2, 0) is 19.0 Å². The van der Waals surface area contributed by atoms with Crippen molar-refractivity contribution in [2.45, 2.75) is 59.0 Å². The van der Waals surface area contributed by atoms with Gasteiger partial charge in [0.1, 0.15) is 0 Å². The number of aryl methyl sites for hydroxylation is 1. The summed E-state index contributed by atoms with van der Waals surface area (Å²) in [6.45, 7) is 11.2. The van der Waals surface area contributed by atoms with Gasteiger partial charge in [0.2, 0.25) is 0 Å². The highest BCUT2D eigenvalue weighted by Gasteiger charge is 2.18. The molecule has 18 heavy (non-hydrogen) atoms. The van der Waals surface area contributed by atoms with Crippen LogP contribution < -0.4 is 10.9 Å². The zero-order valence-electron chi connectivity index (χ0n) is 12.4. The number of nitrogens with one attached hydrogen (secondary N) is 1. The lowest BCUT2D eigenvalue weighted by molar-refractivity contribution is 0.508. The van der Waals surface area contributed by atoms with Gasteiger partial charge in [-0.3, -0.25) is 4.79 Å². The second kappa shape index (κ2) is 5.65. The average molecular weight is 251 g/mol. The fraction of sp³-hybridized carbons (Fsp3) is 0.714. The third-order valence-corrected chi connectivity index (χ3v) is 3.16. The Kier molecular flexibility index (Phi) is 4.68. The van der Waals surface area contributed by atoms with Crippen molar-refractivity contribution in [3.63, 3.8) is 0 Å². The molecule has 1 heterocycles. The Morgan fingerprint density at radius 1 is 1.44 bits per heavy atom. The van der Waals surface area contributed by atoms with Crippen LogP contribution in [0.15, 0.2) is 10.9 Å². The first-order valence-corrected chi connectivity index (χ1v) is 6.56. The fourth-order valence-electron chi connectivity index (χ4n) is 1.59. The number of hydrogen-bond acceptors (Lipinski definition) is 3. The van der Waals surface area contributed by atoms with Crippen molar-refractivity contribution in [2.24, 2.45) is 7.05 Å². The van der Waals surface area contributed by atoms with Gasteiger partial charge >= 0.3 is 0 Å². The highest BCUT2D eigenvalue weighted by Crippen LogP contribution is 2.19. The van der Waals surface area contributed by atoms with E-state index in [-0.39, 0.29) is 11.0 Å². The van der Waals surface area contributed by atoms with E-state index in [4.69, 9.17) is 0 Å². The number of rotatable bonds is 4. The molecule has 0 aliphatic carbocycles. The number of hydrogen-bond donors (Lipinski definition) is 1. The fourth-order valence-corrected chi connectivity index (χ4v) is 1.59. The molecule has 1 N–H and O–H groups in total. The van der Waals surface area contributed by atoms with Crippen LogP contribution in [0.3, 0.4) is 0 Å². The number of nitrogens with zero attached hydrogens (tertiary/aromatic N) is 2. The topological polar surface area (TPSA) is 46.9 Å². The summed E-state index contributed by atoms with van der Waals surface area (Å²) in [5.74, 6) is 0. The average Bonchev–Trinajstić information content (AvgIpc) is 2.28. The van der Waals surface area contributed by atoms with Crippen molar-refractivity contribution in [1.29, 1.82) is 0 Å². The van der Waals surface area contributed by atoms with E-state index in [1.54, 1.807) is 7.05 Å². The monoisotopic (exact) mass is 251 g/mol. The Bertz CT molecular complexity index is 457. The maximum absolute atomic E-state index is 12.0. The van der Waals surface area contributed by atoms with E-state index in [1.807, 2.05) is 6.07 Å². The molecule has 4 heteroatoms. The SMILES string of the molecule is CCC(C)NCc1cc(C(C)(C)C)nn(C)c1=O. The van der Waals surface area contributed by atoms with E-state index < -0.39 is 0 Å². The third-order valence-electron chi connectivity index (χ3n) is 3.16. The van der Waals surface area contributed by atoms with Crippen LogP contribution in [0.2, 0.25) is 0 Å². The summed E-state index contributed by atoms with van der Waals surface area (Å²) in [6.07, 6.45) is 1.05. The minimum absolute atomic E-state index is 0.0150. The second-order valence-electron chi connectivity index (χ2n) is 5.92. The Labute approximate surface area is 109 Å². The van der Waals surface area contributed by atoms with Crippen LogP contribution in [0.5, 0.6) is 0 Å². The van der Waals surface area contributed by atoms with Gasteiger partial charge in [-0.1, -0.05) is 27.7 Å². The van der Waals surface area contributed by atoms with Gasteiger partial charge in [-0.2, -0.15) is 5.10 Å². The molecule has 0 bridgehead atoms. The molecule has 102 valence electrons. The van der Waals surface area contributed by atoms with E-state index in [0.29, 0.717) is 12.6 Å². The van der Waals surface area contributed by atoms with Crippen molar-refractivity contribution < 1.29 is 0 Å². The van der Waals surface area contributed by atoms with Crippen molar-refractivity contribution in [3.8, 4) is 0 Å². The van der Waals surface area contributed by atoms with Crippen LogP contribution in [0.25, 0.3) is 0 Å². The van der Waals surface area contributed by atoms with Gasteiger partial charge in [0.15, 0.2) is 0 Å². The molecule has 1 aromatic rings. The molecule has 4 nitrogen and oxygen atoms in total. The maximum Gasteiger partial charge on any atom is 0.270 e. The molecule has 0 radical (unpaired) electrons. The largest absolute Gasteiger partial charge is 0.310 e. The lowest BCUT2D eigenvalue weighted by Gasteiger charge is -2.19. The predicted octanol–water partition coefficient (Wildman–Crippen LogP) is 1.97. The van der Waals surface area contributed by atoms with Crippen LogP contribution in [-0.4, -0.2) is 15.8 Å². The van der Waals surface area contributed by atoms with Crippen molar-refractivity contribution in [1.82, 2.24) is 15.1 Å². The molecule has 1 aromatic heterocycles. The lowest BCUT2D eigenvalue weighted by Crippen LogP contribution is -2.33. The molecule has 0 saturated heterocycles. The van der Waals surface area contributed by atoms with Gasteiger partial charge in [0, 0.05) is 30.6 Å². The highest BCUT2D eigenvalue weighted by atomic mass is 16.1. The normalized spacial score (nSPS) is 13.7. The third kappa shape index (κ3) is 3.67. The summed E-state index contributed by atoms with van der Waals surface area (Å²) >= 11 is 0. The standard InChI is InChI=1S/C14H25N3O/c1-7-10(2)15-9-11-8-12(14(3,4)5)16-17(6)13(11)18/h8,10,15H,7,9H2,1-6H3. The minimum atomic E-state index is -0.0451. The molecular weight excluding hydrogens is 226 g/mol. The van der Waals surface area contributed by atoms with E-state index in [9.17, 15) is 4.79 Å². The maximum atomic E-state index is 12.0. The minimum Gasteiger partial charge on any atom is -0.310 e. The summed E-state index contributed by atoms with van der Waals surface area (Å²) in [6, 6.07) is 2.35. The molecule has 1 unspecified atom stereocenters. The van der Waals surface area contributed by atoms with Gasteiger partial charge in [-0.15, -0.1) is 0 Å². The molecule has 0 fully saturated rings. The summed E-state index contributed by atoms with van der Waals surface area (Å²) < 4.78 is 1.44. The van der Waals surface area contributed by atoms with Gasteiger partial charge in [0.25, 0.3) is 5.56 Å². The highest BCUT2D eigenvalue weighted by molar-refractivity contribution is 5.19. The van der Waals surface area contributed by atoms with E-state index in [0.717, 1.165) is 17.7 Å². The molecule has 0 aliphatic rings. The summed E-state index contributed by atoms with van der Waals surface area (Å²) in [5.41, 5.74) is 1.68. The van der Waals surface area contributed by atoms with Crippen molar-refractivity contribution >= 4 is 0 Å². The van der Waals surface area contributed by atoms with E-state index in [2.05, 4.69) is 45.0 Å². The Balaban J connectivity index is 3.04. The van der Waals surface area contributed by atoms with Crippen molar-refractivity contribution in [2.75, 3.05) is 0 Å². The van der Waals surface area contributed by atoms with Gasteiger partial charge in [-0.25, -0.2) is 4.68 Å². The first-order chi connectivity index (χ1) is 8.25. The molecule has 1 atom stereocenters. The molecular formula is C14H25N3O. The molecule has 0 amide bonds. The first kappa shape index (κ1) is 14.9. The molecule has 0 spiro atoms.